The first-order chi connectivity index (χ1) is 15.5. The Bertz CT molecular complexity index is 1260. The summed E-state index contributed by atoms with van der Waals surface area (Å²) in [7, 11) is 0. The maximum atomic E-state index is 12.9. The van der Waals surface area contributed by atoms with Crippen LogP contribution in [0.3, 0.4) is 0 Å². The number of carbonyl (C=O) groups excluding carboxylic acids is 2. The van der Waals surface area contributed by atoms with E-state index in [4.69, 9.17) is 9.15 Å². The molecule has 4 rings (SSSR count). The van der Waals surface area contributed by atoms with Crippen LogP contribution in [0.5, 0.6) is 5.75 Å². The Kier molecular flexibility index (Phi) is 6.18. The van der Waals surface area contributed by atoms with Gasteiger partial charge in [0.25, 0.3) is 11.8 Å². The Morgan fingerprint density at radius 3 is 2.59 bits per heavy atom. The van der Waals surface area contributed by atoms with E-state index in [0.717, 1.165) is 21.5 Å². The normalized spacial score (nSPS) is 10.8. The topological polar surface area (TPSA) is 106 Å². The molecule has 3 aromatic heterocycles. The molecule has 2 amide bonds. The first kappa shape index (κ1) is 21.5. The monoisotopic (exact) mass is 450 g/mol. The van der Waals surface area contributed by atoms with Gasteiger partial charge in [-0.25, -0.2) is 9.97 Å². The molecule has 1 aromatic carbocycles. The number of nitrogens with one attached hydrogen (secondary N) is 2. The lowest BCUT2D eigenvalue weighted by molar-refractivity contribution is -0.122. The van der Waals surface area contributed by atoms with Crippen molar-refractivity contribution in [3.05, 3.63) is 58.8 Å². The number of benzene rings is 1. The van der Waals surface area contributed by atoms with Crippen molar-refractivity contribution >= 4 is 39.1 Å². The molecule has 0 aliphatic heterocycles. The zero-order chi connectivity index (χ0) is 22.7. The summed E-state index contributed by atoms with van der Waals surface area (Å²) < 4.78 is 10.8. The molecule has 0 saturated carbocycles. The van der Waals surface area contributed by atoms with Crippen LogP contribution in [-0.4, -0.2) is 34.9 Å². The fourth-order valence-corrected chi connectivity index (χ4v) is 4.42. The third kappa shape index (κ3) is 4.47. The number of hydrogen-bond donors (Lipinski definition) is 2. The molecule has 0 aliphatic rings. The lowest BCUT2D eigenvalue weighted by Crippen LogP contribution is -2.28. The molecule has 0 unspecified atom stereocenters. The molecule has 0 aliphatic carbocycles. The van der Waals surface area contributed by atoms with Gasteiger partial charge in [0.15, 0.2) is 18.2 Å². The van der Waals surface area contributed by atoms with Gasteiger partial charge in [-0.3, -0.25) is 9.59 Å². The lowest BCUT2D eigenvalue weighted by Gasteiger charge is -2.08. The largest absolute Gasteiger partial charge is 0.484 e. The molecule has 0 spiro atoms. The van der Waals surface area contributed by atoms with Gasteiger partial charge in [-0.15, -0.1) is 11.3 Å². The summed E-state index contributed by atoms with van der Waals surface area (Å²) in [4.78, 5) is 34.9. The molecule has 3 heterocycles. The summed E-state index contributed by atoms with van der Waals surface area (Å²) in [5.74, 6) is 1.22. The summed E-state index contributed by atoms with van der Waals surface area (Å²) in [5, 5.41) is 6.45. The number of ether oxygens (including phenoxy) is 1. The van der Waals surface area contributed by atoms with Crippen molar-refractivity contribution in [3.63, 3.8) is 0 Å². The molecule has 164 valence electrons. The van der Waals surface area contributed by atoms with E-state index in [-0.39, 0.29) is 18.4 Å². The highest BCUT2D eigenvalue weighted by Gasteiger charge is 2.20. The number of aryl methyl sites for hydroxylation is 2. The van der Waals surface area contributed by atoms with Gasteiger partial charge in [-0.2, -0.15) is 0 Å². The number of furan rings is 1. The van der Waals surface area contributed by atoms with E-state index in [1.807, 2.05) is 20.8 Å². The van der Waals surface area contributed by atoms with Crippen molar-refractivity contribution in [2.24, 2.45) is 0 Å². The molecule has 0 atom stereocenters. The standard InChI is InChI=1S/C23H22N4O4S/c1-4-24-18(28)12-31-16-9-7-15(8-10-16)26-22(29)20-13(2)19-14(3)25-21(27-23(19)32-20)17-6-5-11-30-17/h5-11H,4,12H2,1-3H3,(H,24,28)(H,26,29). The van der Waals surface area contributed by atoms with Crippen LogP contribution in [0.25, 0.3) is 21.8 Å². The van der Waals surface area contributed by atoms with Crippen LogP contribution < -0.4 is 15.4 Å². The summed E-state index contributed by atoms with van der Waals surface area (Å²) in [6.07, 6.45) is 1.58. The van der Waals surface area contributed by atoms with E-state index < -0.39 is 0 Å². The van der Waals surface area contributed by atoms with Gasteiger partial charge in [0, 0.05) is 17.6 Å². The number of anilines is 1. The van der Waals surface area contributed by atoms with Gasteiger partial charge < -0.3 is 19.8 Å². The molecule has 0 radical (unpaired) electrons. The number of aromatic nitrogens is 2. The fourth-order valence-electron chi connectivity index (χ4n) is 3.29. The Hall–Kier alpha value is -3.72. The number of carbonyl (C=O) groups is 2. The maximum Gasteiger partial charge on any atom is 0.266 e. The molecule has 32 heavy (non-hydrogen) atoms. The third-order valence-electron chi connectivity index (χ3n) is 4.77. The van der Waals surface area contributed by atoms with Crippen LogP contribution in [0.1, 0.15) is 27.9 Å². The van der Waals surface area contributed by atoms with Crippen molar-refractivity contribution in [3.8, 4) is 17.3 Å². The number of likely N-dealkylation sites (N-methyl/N-ethyl adjacent to an activating group) is 1. The summed E-state index contributed by atoms with van der Waals surface area (Å²) in [6, 6.07) is 10.5. The van der Waals surface area contributed by atoms with Crippen molar-refractivity contribution in [1.82, 2.24) is 15.3 Å². The molecule has 9 heteroatoms. The summed E-state index contributed by atoms with van der Waals surface area (Å²) in [6.45, 7) is 6.15. The lowest BCUT2D eigenvalue weighted by atomic mass is 10.1. The van der Waals surface area contributed by atoms with Crippen LogP contribution in [0.15, 0.2) is 47.1 Å². The van der Waals surface area contributed by atoms with E-state index in [9.17, 15) is 9.59 Å². The molecule has 2 N–H and O–H groups in total. The Labute approximate surface area is 188 Å². The predicted octanol–water partition coefficient (Wildman–Crippen LogP) is 4.34. The minimum atomic E-state index is -0.222. The minimum Gasteiger partial charge on any atom is -0.484 e. The molecule has 0 bridgehead atoms. The van der Waals surface area contributed by atoms with E-state index in [1.165, 1.54) is 11.3 Å². The Morgan fingerprint density at radius 2 is 1.91 bits per heavy atom. The van der Waals surface area contributed by atoms with Gasteiger partial charge >= 0.3 is 0 Å². The van der Waals surface area contributed by atoms with Crippen molar-refractivity contribution < 1.29 is 18.7 Å². The average Bonchev–Trinajstić information content (AvgIpc) is 3.42. The van der Waals surface area contributed by atoms with Crippen molar-refractivity contribution in [1.29, 1.82) is 0 Å². The fraction of sp³-hybridized carbons (Fsp3) is 0.217. The van der Waals surface area contributed by atoms with Gasteiger partial charge in [0.2, 0.25) is 0 Å². The number of amides is 2. The highest BCUT2D eigenvalue weighted by Crippen LogP contribution is 2.33. The number of thiophene rings is 1. The predicted molar refractivity (Wildman–Crippen MR) is 123 cm³/mol. The number of fused-ring (bicyclic) bond motifs is 1. The minimum absolute atomic E-state index is 0.0547. The second kappa shape index (κ2) is 9.19. The quantitative estimate of drug-likeness (QED) is 0.434. The van der Waals surface area contributed by atoms with Crippen LogP contribution in [0.4, 0.5) is 5.69 Å². The van der Waals surface area contributed by atoms with Crippen molar-refractivity contribution in [2.45, 2.75) is 20.8 Å². The maximum absolute atomic E-state index is 12.9. The first-order valence-electron chi connectivity index (χ1n) is 10.1. The van der Waals surface area contributed by atoms with Crippen LogP contribution in [0.2, 0.25) is 0 Å². The van der Waals surface area contributed by atoms with E-state index in [1.54, 1.807) is 42.7 Å². The van der Waals surface area contributed by atoms with E-state index in [2.05, 4.69) is 20.6 Å². The van der Waals surface area contributed by atoms with Crippen LogP contribution in [0, 0.1) is 13.8 Å². The summed E-state index contributed by atoms with van der Waals surface area (Å²) in [5.41, 5.74) is 2.26. The first-order valence-corrected chi connectivity index (χ1v) is 10.9. The number of hydrogen-bond acceptors (Lipinski definition) is 7. The third-order valence-corrected chi connectivity index (χ3v) is 5.96. The van der Waals surface area contributed by atoms with Gasteiger partial charge in [0.05, 0.1) is 16.8 Å². The van der Waals surface area contributed by atoms with Gasteiger partial charge in [-0.1, -0.05) is 0 Å². The molecule has 0 saturated heterocycles. The molecule has 4 aromatic rings. The van der Waals surface area contributed by atoms with E-state index in [0.29, 0.717) is 34.4 Å². The van der Waals surface area contributed by atoms with E-state index >= 15 is 0 Å². The molecule has 8 nitrogen and oxygen atoms in total. The number of rotatable bonds is 7. The Morgan fingerprint density at radius 1 is 1.12 bits per heavy atom. The van der Waals surface area contributed by atoms with Gasteiger partial charge in [-0.05, 0) is 62.7 Å². The molecular weight excluding hydrogens is 428 g/mol. The number of nitrogens with zero attached hydrogens (tertiary/aromatic N) is 2. The smallest absolute Gasteiger partial charge is 0.266 e. The SMILES string of the molecule is CCNC(=O)COc1ccc(NC(=O)c2sc3nc(-c4ccco4)nc(C)c3c2C)cc1. The summed E-state index contributed by atoms with van der Waals surface area (Å²) >= 11 is 1.32. The zero-order valence-electron chi connectivity index (χ0n) is 17.9. The van der Waals surface area contributed by atoms with Crippen LogP contribution >= 0.6 is 11.3 Å². The Balaban J connectivity index is 1.51. The van der Waals surface area contributed by atoms with Crippen LogP contribution in [-0.2, 0) is 4.79 Å². The van der Waals surface area contributed by atoms with Gasteiger partial charge in [0.1, 0.15) is 10.6 Å². The molecular formula is C23H22N4O4S. The molecule has 0 fully saturated rings. The second-order valence-electron chi connectivity index (χ2n) is 7.07. The highest BCUT2D eigenvalue weighted by atomic mass is 32.1. The highest BCUT2D eigenvalue weighted by molar-refractivity contribution is 7.20. The zero-order valence-corrected chi connectivity index (χ0v) is 18.7. The average molecular weight is 451 g/mol. The van der Waals surface area contributed by atoms with Crippen molar-refractivity contribution in [2.75, 3.05) is 18.5 Å². The second-order valence-corrected chi connectivity index (χ2v) is 8.07.